The summed E-state index contributed by atoms with van der Waals surface area (Å²) in [5, 5.41) is 2.95. The molecule has 1 heterocycles. The molecule has 0 radical (unpaired) electrons. The molecule has 1 aliphatic heterocycles. The fourth-order valence-electron chi connectivity index (χ4n) is 2.38. The first-order valence-corrected chi connectivity index (χ1v) is 7.71. The zero-order valence-electron chi connectivity index (χ0n) is 12.3. The summed E-state index contributed by atoms with van der Waals surface area (Å²) in [5.74, 6) is 0.0838. The molecule has 0 aromatic heterocycles. The van der Waals surface area contributed by atoms with Crippen LogP contribution in [0.1, 0.15) is 57.0 Å². The van der Waals surface area contributed by atoms with Crippen molar-refractivity contribution < 1.29 is 4.79 Å². The van der Waals surface area contributed by atoms with Gasteiger partial charge < -0.3 is 5.32 Å². The highest BCUT2D eigenvalue weighted by molar-refractivity contribution is 9.09. The normalized spacial score (nSPS) is 18.9. The van der Waals surface area contributed by atoms with Crippen molar-refractivity contribution in [2.75, 3.05) is 5.32 Å². The van der Waals surface area contributed by atoms with Crippen LogP contribution >= 0.6 is 15.9 Å². The molecule has 19 heavy (non-hydrogen) atoms. The van der Waals surface area contributed by atoms with Crippen LogP contribution in [0.15, 0.2) is 18.2 Å². The molecule has 1 atom stereocenters. The summed E-state index contributed by atoms with van der Waals surface area (Å²) in [7, 11) is 0. The topological polar surface area (TPSA) is 29.1 Å². The van der Waals surface area contributed by atoms with Gasteiger partial charge >= 0.3 is 0 Å². The third kappa shape index (κ3) is 2.33. The van der Waals surface area contributed by atoms with Crippen molar-refractivity contribution in [1.82, 2.24) is 0 Å². The van der Waals surface area contributed by atoms with Gasteiger partial charge in [-0.05, 0) is 42.9 Å². The highest BCUT2D eigenvalue weighted by Gasteiger charge is 2.39. The Morgan fingerprint density at radius 2 is 2.00 bits per heavy atom. The summed E-state index contributed by atoms with van der Waals surface area (Å²) in [6.45, 7) is 10.7. The predicted molar refractivity (Wildman–Crippen MR) is 83.8 cm³/mol. The third-order valence-electron chi connectivity index (χ3n) is 4.42. The predicted octanol–water partition coefficient (Wildman–Crippen LogP) is 4.79. The van der Waals surface area contributed by atoms with Gasteiger partial charge in [-0.15, -0.1) is 0 Å². The maximum absolute atomic E-state index is 12.0. The Morgan fingerprint density at radius 1 is 1.37 bits per heavy atom. The summed E-state index contributed by atoms with van der Waals surface area (Å²) < 4.78 is 0. The summed E-state index contributed by atoms with van der Waals surface area (Å²) in [6, 6.07) is 6.30. The number of hydrogen-bond acceptors (Lipinski definition) is 1. The molecule has 1 aromatic carbocycles. The van der Waals surface area contributed by atoms with Crippen molar-refractivity contribution in [2.24, 2.45) is 5.41 Å². The second kappa shape index (κ2) is 4.62. The summed E-state index contributed by atoms with van der Waals surface area (Å²) in [5.41, 5.74) is 3.05. The van der Waals surface area contributed by atoms with E-state index in [1.807, 2.05) is 19.9 Å². The zero-order valence-corrected chi connectivity index (χ0v) is 13.9. The highest BCUT2D eigenvalue weighted by atomic mass is 79.9. The largest absolute Gasteiger partial charge is 0.325 e. The molecule has 0 aliphatic carbocycles. The minimum atomic E-state index is -0.436. The molecule has 104 valence electrons. The van der Waals surface area contributed by atoms with E-state index in [0.29, 0.717) is 4.83 Å². The van der Waals surface area contributed by atoms with Crippen LogP contribution in [-0.4, -0.2) is 5.91 Å². The molecule has 1 aliphatic rings. The number of halogens is 1. The lowest BCUT2D eigenvalue weighted by atomic mass is 9.80. The minimum absolute atomic E-state index is 0.0838. The van der Waals surface area contributed by atoms with Crippen LogP contribution in [0.5, 0.6) is 0 Å². The quantitative estimate of drug-likeness (QED) is 0.796. The van der Waals surface area contributed by atoms with Crippen LogP contribution in [0, 0.1) is 5.41 Å². The van der Waals surface area contributed by atoms with E-state index in [0.717, 1.165) is 17.7 Å². The summed E-state index contributed by atoms with van der Waals surface area (Å²) in [4.78, 5) is 12.3. The van der Waals surface area contributed by atoms with Gasteiger partial charge in [0.15, 0.2) is 0 Å². The van der Waals surface area contributed by atoms with Gasteiger partial charge in [-0.1, -0.05) is 48.8 Å². The van der Waals surface area contributed by atoms with E-state index >= 15 is 0 Å². The lowest BCUT2D eigenvalue weighted by Gasteiger charge is -2.30. The maximum atomic E-state index is 12.0. The molecular formula is C16H22BrNO. The standard InChI is InChI=1S/C16H22BrNO/c1-6-15(2,3)13(17)10-7-8-12-11(9-10)16(4,5)14(19)18-12/h7-9,13H,6H2,1-5H3,(H,18,19). The molecule has 3 heteroatoms. The first-order valence-electron chi connectivity index (χ1n) is 6.80. The number of anilines is 1. The number of alkyl halides is 1. The number of benzene rings is 1. The van der Waals surface area contributed by atoms with Gasteiger partial charge in [0.1, 0.15) is 0 Å². The van der Waals surface area contributed by atoms with Crippen LogP contribution in [0.25, 0.3) is 0 Å². The summed E-state index contributed by atoms with van der Waals surface area (Å²) >= 11 is 3.82. The maximum Gasteiger partial charge on any atom is 0.234 e. The molecule has 0 saturated heterocycles. The smallest absolute Gasteiger partial charge is 0.234 e. The van der Waals surface area contributed by atoms with Crippen molar-refractivity contribution in [2.45, 2.75) is 51.3 Å². The molecule has 0 spiro atoms. The molecule has 2 nitrogen and oxygen atoms in total. The van der Waals surface area contributed by atoms with Gasteiger partial charge in [-0.3, -0.25) is 4.79 Å². The molecular weight excluding hydrogens is 302 g/mol. The fourth-order valence-corrected chi connectivity index (χ4v) is 2.99. The van der Waals surface area contributed by atoms with E-state index in [-0.39, 0.29) is 11.3 Å². The first-order chi connectivity index (χ1) is 8.70. The van der Waals surface area contributed by atoms with E-state index in [1.54, 1.807) is 0 Å². The molecule has 0 bridgehead atoms. The van der Waals surface area contributed by atoms with Crippen LogP contribution in [0.4, 0.5) is 5.69 Å². The van der Waals surface area contributed by atoms with Crippen molar-refractivity contribution in [3.63, 3.8) is 0 Å². The Kier molecular flexibility index (Phi) is 3.54. The highest BCUT2D eigenvalue weighted by Crippen LogP contribution is 2.46. The summed E-state index contributed by atoms with van der Waals surface area (Å²) in [6.07, 6.45) is 1.10. The van der Waals surface area contributed by atoms with E-state index < -0.39 is 5.41 Å². The molecule has 0 saturated carbocycles. The van der Waals surface area contributed by atoms with Crippen LogP contribution in [0.3, 0.4) is 0 Å². The number of rotatable bonds is 3. The number of amides is 1. The van der Waals surface area contributed by atoms with Gasteiger partial charge in [0, 0.05) is 10.5 Å². The average Bonchev–Trinajstić information content (AvgIpc) is 2.59. The van der Waals surface area contributed by atoms with Gasteiger partial charge in [0.2, 0.25) is 5.91 Å². The van der Waals surface area contributed by atoms with Crippen LogP contribution < -0.4 is 5.32 Å². The number of hydrogen-bond donors (Lipinski definition) is 1. The SMILES string of the molecule is CCC(C)(C)C(Br)c1ccc2c(c1)C(C)(C)C(=O)N2. The fraction of sp³-hybridized carbons (Fsp3) is 0.562. The average molecular weight is 324 g/mol. The van der Waals surface area contributed by atoms with Crippen LogP contribution in [0.2, 0.25) is 0 Å². The monoisotopic (exact) mass is 323 g/mol. The minimum Gasteiger partial charge on any atom is -0.325 e. The second-order valence-electron chi connectivity index (χ2n) is 6.59. The van der Waals surface area contributed by atoms with Gasteiger partial charge in [0.25, 0.3) is 0 Å². The second-order valence-corrected chi connectivity index (χ2v) is 7.50. The lowest BCUT2D eigenvalue weighted by Crippen LogP contribution is -2.27. The molecule has 1 unspecified atom stereocenters. The number of fused-ring (bicyclic) bond motifs is 1. The first kappa shape index (κ1) is 14.6. The Bertz CT molecular complexity index is 519. The van der Waals surface area contributed by atoms with Gasteiger partial charge in [-0.2, -0.15) is 0 Å². The Labute approximate surface area is 124 Å². The van der Waals surface area contributed by atoms with Crippen LogP contribution in [-0.2, 0) is 10.2 Å². The zero-order chi connectivity index (χ0) is 14.4. The number of carbonyl (C=O) groups excluding carboxylic acids is 1. The van der Waals surface area contributed by atoms with Crippen molar-refractivity contribution in [1.29, 1.82) is 0 Å². The van der Waals surface area contributed by atoms with E-state index in [2.05, 4.69) is 54.2 Å². The van der Waals surface area contributed by atoms with Crippen molar-refractivity contribution in [3.05, 3.63) is 29.3 Å². The van der Waals surface area contributed by atoms with Gasteiger partial charge in [-0.25, -0.2) is 0 Å². The molecule has 1 N–H and O–H groups in total. The van der Waals surface area contributed by atoms with E-state index in [4.69, 9.17) is 0 Å². The Morgan fingerprint density at radius 3 is 2.58 bits per heavy atom. The molecule has 1 aromatic rings. The molecule has 2 rings (SSSR count). The van der Waals surface area contributed by atoms with Crippen molar-refractivity contribution >= 4 is 27.5 Å². The third-order valence-corrected chi connectivity index (χ3v) is 6.19. The van der Waals surface area contributed by atoms with Gasteiger partial charge in [0.05, 0.1) is 5.41 Å². The Hall–Kier alpha value is -0.830. The van der Waals surface area contributed by atoms with Crippen molar-refractivity contribution in [3.8, 4) is 0 Å². The molecule has 0 fully saturated rings. The Balaban J connectivity index is 2.44. The number of nitrogens with one attached hydrogen (secondary N) is 1. The number of carbonyl (C=O) groups is 1. The van der Waals surface area contributed by atoms with E-state index in [9.17, 15) is 4.79 Å². The lowest BCUT2D eigenvalue weighted by molar-refractivity contribution is -0.119. The van der Waals surface area contributed by atoms with E-state index in [1.165, 1.54) is 5.56 Å². The molecule has 1 amide bonds.